The summed E-state index contributed by atoms with van der Waals surface area (Å²) in [5.74, 6) is 0.264. The molecule has 0 bridgehead atoms. The summed E-state index contributed by atoms with van der Waals surface area (Å²) in [6.45, 7) is 2.22. The lowest BCUT2D eigenvalue weighted by Gasteiger charge is -2.23. The largest absolute Gasteiger partial charge is 0.494 e. The van der Waals surface area contributed by atoms with Crippen molar-refractivity contribution in [2.45, 2.75) is 30.7 Å². The molecule has 1 aliphatic heterocycles. The van der Waals surface area contributed by atoms with Gasteiger partial charge in [0.25, 0.3) is 0 Å². The van der Waals surface area contributed by atoms with E-state index in [1.807, 2.05) is 19.1 Å². The number of anilines is 1. The molecule has 0 aliphatic carbocycles. The lowest BCUT2D eigenvalue weighted by atomic mass is 10.2. The third kappa shape index (κ3) is 3.73. The molecule has 1 saturated heterocycles. The van der Waals surface area contributed by atoms with Gasteiger partial charge in [-0.3, -0.25) is 4.79 Å². The van der Waals surface area contributed by atoms with Crippen molar-refractivity contribution in [2.75, 3.05) is 19.0 Å². The van der Waals surface area contributed by atoms with Gasteiger partial charge in [-0.1, -0.05) is 35.1 Å². The predicted molar refractivity (Wildman–Crippen MR) is 113 cm³/mol. The first kappa shape index (κ1) is 19.8. The average Bonchev–Trinajstić information content (AvgIpc) is 3.35. The van der Waals surface area contributed by atoms with Crippen molar-refractivity contribution >= 4 is 42.6 Å². The molecular weight excluding hydrogens is 410 g/mol. The average molecular weight is 432 g/mol. The van der Waals surface area contributed by atoms with Crippen LogP contribution in [0.4, 0.5) is 5.13 Å². The Morgan fingerprint density at radius 3 is 2.72 bits per heavy atom. The van der Waals surface area contributed by atoms with Gasteiger partial charge in [-0.25, -0.2) is 13.4 Å². The zero-order valence-corrected chi connectivity index (χ0v) is 17.7. The van der Waals surface area contributed by atoms with Gasteiger partial charge in [-0.05, 0) is 44.0 Å². The number of aryl methyl sites for hydroxylation is 1. The Labute approximate surface area is 173 Å². The van der Waals surface area contributed by atoms with Crippen LogP contribution < -0.4 is 10.1 Å². The number of carbonyl (C=O) groups is 1. The quantitative estimate of drug-likeness (QED) is 0.669. The molecule has 3 aromatic rings. The molecule has 4 rings (SSSR count). The van der Waals surface area contributed by atoms with Crippen molar-refractivity contribution in [3.63, 3.8) is 0 Å². The van der Waals surface area contributed by atoms with Crippen LogP contribution in [0.15, 0.2) is 47.4 Å². The highest BCUT2D eigenvalue weighted by molar-refractivity contribution is 7.89. The van der Waals surface area contributed by atoms with Crippen LogP contribution in [0.5, 0.6) is 5.75 Å². The number of thiazole rings is 1. The number of hydrogen-bond donors (Lipinski definition) is 1. The Bertz CT molecular complexity index is 1160. The Balaban J connectivity index is 1.57. The number of nitrogens with zero attached hydrogens (tertiary/aromatic N) is 2. The summed E-state index contributed by atoms with van der Waals surface area (Å²) in [6, 6.07) is 11.5. The van der Waals surface area contributed by atoms with Crippen LogP contribution in [0.1, 0.15) is 18.4 Å². The number of ether oxygens (including phenoxy) is 1. The first-order chi connectivity index (χ1) is 13.9. The van der Waals surface area contributed by atoms with E-state index in [4.69, 9.17) is 4.74 Å². The summed E-state index contributed by atoms with van der Waals surface area (Å²) < 4.78 is 33.6. The fraction of sp³-hybridized carbons (Fsp3) is 0.300. The van der Waals surface area contributed by atoms with Crippen LogP contribution >= 0.6 is 11.3 Å². The molecule has 152 valence electrons. The molecule has 1 amide bonds. The SMILES string of the molecule is COc1cccc2sc(NC(=O)C3CCCN3S(=O)(=O)c3ccc(C)cc3)nc12. The molecule has 1 aromatic heterocycles. The van der Waals surface area contributed by atoms with Gasteiger partial charge in [0, 0.05) is 6.54 Å². The van der Waals surface area contributed by atoms with E-state index in [1.54, 1.807) is 37.4 Å². The van der Waals surface area contributed by atoms with E-state index < -0.39 is 16.1 Å². The second-order valence-corrected chi connectivity index (χ2v) is 9.82. The number of rotatable bonds is 5. The van der Waals surface area contributed by atoms with E-state index in [-0.39, 0.29) is 10.8 Å². The maximum atomic E-state index is 13.1. The first-order valence-electron chi connectivity index (χ1n) is 9.23. The molecule has 1 aliphatic rings. The Morgan fingerprint density at radius 1 is 1.24 bits per heavy atom. The van der Waals surface area contributed by atoms with Gasteiger partial charge in [-0.15, -0.1) is 0 Å². The molecule has 1 fully saturated rings. The summed E-state index contributed by atoms with van der Waals surface area (Å²) >= 11 is 1.33. The highest BCUT2D eigenvalue weighted by Crippen LogP contribution is 2.33. The summed E-state index contributed by atoms with van der Waals surface area (Å²) in [5.41, 5.74) is 1.65. The van der Waals surface area contributed by atoms with Gasteiger partial charge < -0.3 is 10.1 Å². The molecule has 2 heterocycles. The fourth-order valence-electron chi connectivity index (χ4n) is 3.47. The smallest absolute Gasteiger partial charge is 0.244 e. The topological polar surface area (TPSA) is 88.6 Å². The zero-order chi connectivity index (χ0) is 20.6. The predicted octanol–water partition coefficient (Wildman–Crippen LogP) is 3.41. The number of amides is 1. The number of benzene rings is 2. The van der Waals surface area contributed by atoms with Crippen molar-refractivity contribution in [1.29, 1.82) is 0 Å². The van der Waals surface area contributed by atoms with Crippen molar-refractivity contribution in [1.82, 2.24) is 9.29 Å². The molecule has 1 N–H and O–H groups in total. The molecule has 1 atom stereocenters. The molecule has 0 spiro atoms. The van der Waals surface area contributed by atoms with E-state index in [0.717, 1.165) is 10.3 Å². The summed E-state index contributed by atoms with van der Waals surface area (Å²) in [4.78, 5) is 17.6. The fourth-order valence-corrected chi connectivity index (χ4v) is 6.01. The van der Waals surface area contributed by atoms with Crippen LogP contribution in [0, 0.1) is 6.92 Å². The maximum absolute atomic E-state index is 13.1. The molecule has 29 heavy (non-hydrogen) atoms. The highest BCUT2D eigenvalue weighted by Gasteiger charge is 2.39. The van der Waals surface area contributed by atoms with Crippen LogP contribution in [-0.2, 0) is 14.8 Å². The normalized spacial score (nSPS) is 17.5. The number of aromatic nitrogens is 1. The Morgan fingerprint density at radius 2 is 2.00 bits per heavy atom. The van der Waals surface area contributed by atoms with Crippen molar-refractivity contribution in [2.24, 2.45) is 0 Å². The summed E-state index contributed by atoms with van der Waals surface area (Å²) in [7, 11) is -2.17. The van der Waals surface area contributed by atoms with Crippen molar-refractivity contribution in [3.05, 3.63) is 48.0 Å². The zero-order valence-electron chi connectivity index (χ0n) is 16.1. The van der Waals surface area contributed by atoms with E-state index in [2.05, 4.69) is 10.3 Å². The monoisotopic (exact) mass is 431 g/mol. The van der Waals surface area contributed by atoms with E-state index >= 15 is 0 Å². The van der Waals surface area contributed by atoms with Crippen LogP contribution in [0.2, 0.25) is 0 Å². The number of fused-ring (bicyclic) bond motifs is 1. The summed E-state index contributed by atoms with van der Waals surface area (Å²) in [5, 5.41) is 3.22. The molecule has 2 aromatic carbocycles. The van der Waals surface area contributed by atoms with Crippen LogP contribution in [0.3, 0.4) is 0 Å². The number of nitrogens with one attached hydrogen (secondary N) is 1. The van der Waals surface area contributed by atoms with E-state index in [0.29, 0.717) is 35.8 Å². The third-order valence-corrected chi connectivity index (χ3v) is 7.82. The molecule has 1 unspecified atom stereocenters. The van der Waals surface area contributed by atoms with Gasteiger partial charge in [0.2, 0.25) is 15.9 Å². The molecule has 9 heteroatoms. The Hall–Kier alpha value is -2.49. The van der Waals surface area contributed by atoms with Gasteiger partial charge in [0.05, 0.1) is 16.7 Å². The minimum atomic E-state index is -3.74. The number of methoxy groups -OCH3 is 1. The number of para-hydroxylation sites is 1. The second-order valence-electron chi connectivity index (χ2n) is 6.90. The van der Waals surface area contributed by atoms with Gasteiger partial charge in [0.1, 0.15) is 17.3 Å². The van der Waals surface area contributed by atoms with Crippen LogP contribution in [-0.4, -0.2) is 43.3 Å². The number of hydrogen-bond acceptors (Lipinski definition) is 6. The molecular formula is C20H21N3O4S2. The van der Waals surface area contributed by atoms with E-state index in [1.165, 1.54) is 15.6 Å². The molecule has 7 nitrogen and oxygen atoms in total. The highest BCUT2D eigenvalue weighted by atomic mass is 32.2. The lowest BCUT2D eigenvalue weighted by molar-refractivity contribution is -0.119. The van der Waals surface area contributed by atoms with Crippen LogP contribution in [0.25, 0.3) is 10.2 Å². The Kier molecular flexibility index (Phi) is 5.28. The lowest BCUT2D eigenvalue weighted by Crippen LogP contribution is -2.43. The number of carbonyl (C=O) groups excluding carboxylic acids is 1. The first-order valence-corrected chi connectivity index (χ1v) is 11.5. The van der Waals surface area contributed by atoms with Crippen molar-refractivity contribution < 1.29 is 17.9 Å². The molecule has 0 saturated carbocycles. The maximum Gasteiger partial charge on any atom is 0.244 e. The third-order valence-electron chi connectivity index (χ3n) is 4.97. The van der Waals surface area contributed by atoms with Gasteiger partial charge in [0.15, 0.2) is 5.13 Å². The minimum absolute atomic E-state index is 0.201. The second kappa shape index (κ2) is 7.74. The standard InChI is InChI=1S/C20H21N3O4S2/c1-13-8-10-14(11-9-13)29(25,26)23-12-4-5-15(23)19(24)22-20-21-18-16(27-2)6-3-7-17(18)28-20/h3,6-11,15H,4-5,12H2,1-2H3,(H,21,22,24). The number of sulfonamides is 1. The van der Waals surface area contributed by atoms with Crippen molar-refractivity contribution in [3.8, 4) is 5.75 Å². The van der Waals surface area contributed by atoms with Gasteiger partial charge >= 0.3 is 0 Å². The molecule has 0 radical (unpaired) electrons. The summed E-state index contributed by atoms with van der Waals surface area (Å²) in [6.07, 6.45) is 1.11. The minimum Gasteiger partial charge on any atom is -0.494 e. The van der Waals surface area contributed by atoms with E-state index in [9.17, 15) is 13.2 Å². The van der Waals surface area contributed by atoms with Gasteiger partial charge in [-0.2, -0.15) is 4.31 Å².